The summed E-state index contributed by atoms with van der Waals surface area (Å²) in [6.07, 6.45) is 1.24. The first-order valence-electron chi connectivity index (χ1n) is 6.94. The number of hydrogen-bond acceptors (Lipinski definition) is 5. The van der Waals surface area contributed by atoms with Crippen LogP contribution in [0.4, 0.5) is 5.82 Å². The minimum Gasteiger partial charge on any atom is -0.354 e. The molecule has 2 heterocycles. The van der Waals surface area contributed by atoms with Gasteiger partial charge in [-0.25, -0.2) is 18.4 Å². The summed E-state index contributed by atoms with van der Waals surface area (Å²) in [6, 6.07) is 0. The van der Waals surface area contributed by atoms with Crippen molar-refractivity contribution < 1.29 is 8.42 Å². The number of halogens is 1. The number of anilines is 1. The highest BCUT2D eigenvalue weighted by molar-refractivity contribution is 7.88. The maximum absolute atomic E-state index is 11.6. The van der Waals surface area contributed by atoms with E-state index in [1.165, 1.54) is 10.6 Å². The quantitative estimate of drug-likeness (QED) is 0.787. The molecule has 0 radical (unpaired) electrons. The second-order valence-corrected chi connectivity index (χ2v) is 7.97. The van der Waals surface area contributed by atoms with Crippen molar-refractivity contribution in [2.45, 2.75) is 26.7 Å². The van der Waals surface area contributed by atoms with Crippen LogP contribution >= 0.6 is 11.6 Å². The summed E-state index contributed by atoms with van der Waals surface area (Å²) < 4.78 is 24.6. The molecular weight excluding hydrogens is 312 g/mol. The Hall–Kier alpha value is -0.920. The Morgan fingerprint density at radius 2 is 1.71 bits per heavy atom. The maximum atomic E-state index is 11.6. The lowest BCUT2D eigenvalue weighted by Crippen LogP contribution is -2.48. The summed E-state index contributed by atoms with van der Waals surface area (Å²) >= 11 is 6.20. The first kappa shape index (κ1) is 16.5. The molecule has 0 spiro atoms. The Labute approximate surface area is 131 Å². The molecule has 2 rings (SSSR count). The van der Waals surface area contributed by atoms with Crippen molar-refractivity contribution in [1.29, 1.82) is 0 Å². The van der Waals surface area contributed by atoms with Crippen LogP contribution in [0.3, 0.4) is 0 Å². The van der Waals surface area contributed by atoms with Crippen molar-refractivity contribution in [2.75, 3.05) is 37.3 Å². The largest absolute Gasteiger partial charge is 0.354 e. The molecule has 21 heavy (non-hydrogen) atoms. The Bertz CT molecular complexity index is 625. The third kappa shape index (κ3) is 3.64. The minimum atomic E-state index is -3.12. The fourth-order valence-electron chi connectivity index (χ4n) is 2.29. The number of hydrogen-bond donors (Lipinski definition) is 0. The van der Waals surface area contributed by atoms with E-state index in [1.54, 1.807) is 0 Å². The molecule has 1 saturated heterocycles. The topological polar surface area (TPSA) is 66.4 Å². The Balaban J connectivity index is 2.24. The molecule has 0 atom stereocenters. The van der Waals surface area contributed by atoms with Gasteiger partial charge in [-0.3, -0.25) is 0 Å². The summed E-state index contributed by atoms with van der Waals surface area (Å²) in [5.74, 6) is 1.72. The first-order chi connectivity index (χ1) is 9.70. The predicted octanol–water partition coefficient (Wildman–Crippen LogP) is 1.64. The number of nitrogens with zero attached hydrogens (tertiary/aromatic N) is 4. The second-order valence-electron chi connectivity index (χ2n) is 5.63. The van der Waals surface area contributed by atoms with Gasteiger partial charge in [-0.2, -0.15) is 4.31 Å². The summed E-state index contributed by atoms with van der Waals surface area (Å²) in [4.78, 5) is 11.0. The molecule has 1 aromatic heterocycles. The van der Waals surface area contributed by atoms with E-state index >= 15 is 0 Å². The van der Waals surface area contributed by atoms with Gasteiger partial charge >= 0.3 is 0 Å². The Kier molecular flexibility index (Phi) is 4.75. The number of aromatic nitrogens is 2. The average Bonchev–Trinajstić information content (AvgIpc) is 2.40. The third-order valence-electron chi connectivity index (χ3n) is 3.60. The fraction of sp³-hybridized carbons (Fsp3) is 0.692. The summed E-state index contributed by atoms with van der Waals surface area (Å²) in [6.45, 7) is 8.09. The predicted molar refractivity (Wildman–Crippen MR) is 84.5 cm³/mol. The smallest absolute Gasteiger partial charge is 0.211 e. The molecule has 0 unspecified atom stereocenters. The van der Waals surface area contributed by atoms with Crippen LogP contribution in [0.15, 0.2) is 0 Å². The van der Waals surface area contributed by atoms with E-state index in [2.05, 4.69) is 14.9 Å². The standard InChI is InChI=1S/C13H21ClN4O2S/c1-9(2)12-15-11(14)10(3)13(16-12)17-5-7-18(8-6-17)21(4,19)20/h9H,5-8H2,1-4H3. The van der Waals surface area contributed by atoms with Crippen molar-refractivity contribution in [1.82, 2.24) is 14.3 Å². The molecule has 6 nitrogen and oxygen atoms in total. The summed E-state index contributed by atoms with van der Waals surface area (Å²) in [5, 5.41) is 0.467. The number of piperazine rings is 1. The highest BCUT2D eigenvalue weighted by Crippen LogP contribution is 2.26. The van der Waals surface area contributed by atoms with Crippen molar-refractivity contribution in [3.63, 3.8) is 0 Å². The molecular formula is C13H21ClN4O2S. The van der Waals surface area contributed by atoms with E-state index in [-0.39, 0.29) is 5.92 Å². The summed E-state index contributed by atoms with van der Waals surface area (Å²) in [5.41, 5.74) is 0.842. The van der Waals surface area contributed by atoms with Gasteiger partial charge in [-0.15, -0.1) is 0 Å². The molecule has 0 saturated carbocycles. The van der Waals surface area contributed by atoms with Crippen LogP contribution in [0.5, 0.6) is 0 Å². The second kappa shape index (κ2) is 6.06. The van der Waals surface area contributed by atoms with Gasteiger partial charge in [-0.05, 0) is 6.92 Å². The molecule has 0 aliphatic carbocycles. The third-order valence-corrected chi connectivity index (χ3v) is 5.27. The average molecular weight is 333 g/mol. The fourth-order valence-corrected chi connectivity index (χ4v) is 3.29. The molecule has 1 fully saturated rings. The molecule has 8 heteroatoms. The van der Waals surface area contributed by atoms with E-state index in [0.29, 0.717) is 37.2 Å². The van der Waals surface area contributed by atoms with Gasteiger partial charge in [0.25, 0.3) is 0 Å². The Morgan fingerprint density at radius 1 is 1.14 bits per heavy atom. The van der Waals surface area contributed by atoms with Gasteiger partial charge in [0.05, 0.1) is 6.26 Å². The Morgan fingerprint density at radius 3 is 2.19 bits per heavy atom. The molecule has 0 amide bonds. The normalized spacial score (nSPS) is 17.5. The molecule has 0 bridgehead atoms. The molecule has 0 N–H and O–H groups in total. The van der Waals surface area contributed by atoms with E-state index < -0.39 is 10.0 Å². The molecule has 1 aromatic rings. The van der Waals surface area contributed by atoms with Gasteiger partial charge in [-0.1, -0.05) is 25.4 Å². The molecule has 0 aromatic carbocycles. The number of rotatable bonds is 3. The highest BCUT2D eigenvalue weighted by atomic mass is 35.5. The van der Waals surface area contributed by atoms with Gasteiger partial charge < -0.3 is 4.90 Å². The van der Waals surface area contributed by atoms with Crippen LogP contribution in [0.1, 0.15) is 31.2 Å². The van der Waals surface area contributed by atoms with Crippen molar-refractivity contribution >= 4 is 27.4 Å². The minimum absolute atomic E-state index is 0.194. The highest BCUT2D eigenvalue weighted by Gasteiger charge is 2.26. The lowest BCUT2D eigenvalue weighted by atomic mass is 10.2. The maximum Gasteiger partial charge on any atom is 0.211 e. The van der Waals surface area contributed by atoms with Gasteiger partial charge in [0, 0.05) is 37.7 Å². The SMILES string of the molecule is Cc1c(Cl)nc(C(C)C)nc1N1CCN(S(C)(=O)=O)CC1. The van der Waals surface area contributed by atoms with Gasteiger partial charge in [0.2, 0.25) is 10.0 Å². The first-order valence-corrected chi connectivity index (χ1v) is 9.17. The molecule has 118 valence electrons. The lowest BCUT2D eigenvalue weighted by Gasteiger charge is -2.35. The summed E-state index contributed by atoms with van der Waals surface area (Å²) in [7, 11) is -3.12. The molecule has 1 aliphatic heterocycles. The van der Waals surface area contributed by atoms with Gasteiger partial charge in [0.15, 0.2) is 0 Å². The van der Waals surface area contributed by atoms with Crippen molar-refractivity contribution in [3.8, 4) is 0 Å². The van der Waals surface area contributed by atoms with Crippen LogP contribution in [-0.4, -0.2) is 55.1 Å². The van der Waals surface area contributed by atoms with Crippen molar-refractivity contribution in [2.24, 2.45) is 0 Å². The lowest BCUT2D eigenvalue weighted by molar-refractivity contribution is 0.386. The molecule has 1 aliphatic rings. The van der Waals surface area contributed by atoms with Crippen molar-refractivity contribution in [3.05, 3.63) is 16.5 Å². The zero-order valence-corrected chi connectivity index (χ0v) is 14.4. The van der Waals surface area contributed by atoms with E-state index in [4.69, 9.17) is 11.6 Å². The monoisotopic (exact) mass is 332 g/mol. The van der Waals surface area contributed by atoms with Crippen LogP contribution in [0.2, 0.25) is 5.15 Å². The zero-order chi connectivity index (χ0) is 15.8. The van der Waals surface area contributed by atoms with Crippen LogP contribution in [-0.2, 0) is 10.0 Å². The van der Waals surface area contributed by atoms with Gasteiger partial charge in [0.1, 0.15) is 16.8 Å². The van der Waals surface area contributed by atoms with Crippen LogP contribution < -0.4 is 4.90 Å². The van der Waals surface area contributed by atoms with E-state index in [0.717, 1.165) is 11.4 Å². The van der Waals surface area contributed by atoms with E-state index in [1.807, 2.05) is 20.8 Å². The van der Waals surface area contributed by atoms with E-state index in [9.17, 15) is 8.42 Å². The number of sulfonamides is 1. The zero-order valence-electron chi connectivity index (χ0n) is 12.8. The van der Waals surface area contributed by atoms with Crippen LogP contribution in [0.25, 0.3) is 0 Å². The van der Waals surface area contributed by atoms with Crippen LogP contribution in [0, 0.1) is 6.92 Å².